The zero-order valence-electron chi connectivity index (χ0n) is 8.95. The molecule has 0 atom stereocenters. The summed E-state index contributed by atoms with van der Waals surface area (Å²) < 4.78 is 2.02. The lowest BCUT2D eigenvalue weighted by molar-refractivity contribution is 0.102. The van der Waals surface area contributed by atoms with Crippen molar-refractivity contribution in [1.82, 2.24) is 4.98 Å². The molecule has 2 aromatic rings. The van der Waals surface area contributed by atoms with E-state index in [1.807, 2.05) is 18.2 Å². The van der Waals surface area contributed by atoms with Crippen molar-refractivity contribution in [2.75, 3.05) is 5.32 Å². The van der Waals surface area contributed by atoms with Gasteiger partial charge in [0.25, 0.3) is 5.91 Å². The number of halogens is 3. The van der Waals surface area contributed by atoms with E-state index < -0.39 is 0 Å². The molecule has 1 heterocycles. The van der Waals surface area contributed by atoms with Crippen LogP contribution in [0.4, 0.5) is 5.69 Å². The van der Waals surface area contributed by atoms with Gasteiger partial charge in [0, 0.05) is 25.5 Å². The van der Waals surface area contributed by atoms with Gasteiger partial charge in [-0.05, 0) is 68.9 Å². The lowest BCUT2D eigenvalue weighted by Crippen LogP contribution is -2.12. The molecule has 0 spiro atoms. The van der Waals surface area contributed by atoms with E-state index in [0.29, 0.717) is 10.7 Å². The van der Waals surface area contributed by atoms with Crippen molar-refractivity contribution in [2.45, 2.75) is 0 Å². The summed E-state index contributed by atoms with van der Waals surface area (Å²) in [6.45, 7) is 0. The van der Waals surface area contributed by atoms with Gasteiger partial charge < -0.3 is 5.32 Å². The second kappa shape index (κ2) is 5.99. The summed E-state index contributed by atoms with van der Waals surface area (Å²) in [6, 6.07) is 8.74. The SMILES string of the molecule is O=C(Nc1ccc(Br)c(I)c1)c1ccnc(Cl)c1. The molecule has 0 radical (unpaired) electrons. The fraction of sp³-hybridized carbons (Fsp3) is 0. The first-order chi connectivity index (χ1) is 8.56. The van der Waals surface area contributed by atoms with Crippen LogP contribution in [0.3, 0.4) is 0 Å². The maximum absolute atomic E-state index is 12.0. The van der Waals surface area contributed by atoms with E-state index in [2.05, 4.69) is 48.8 Å². The van der Waals surface area contributed by atoms with Crippen molar-refractivity contribution in [1.29, 1.82) is 0 Å². The summed E-state index contributed by atoms with van der Waals surface area (Å²) in [5.74, 6) is -0.211. The molecule has 3 nitrogen and oxygen atoms in total. The first-order valence-corrected chi connectivity index (χ1v) is 7.19. The van der Waals surface area contributed by atoms with Crippen molar-refractivity contribution in [2.24, 2.45) is 0 Å². The molecule has 18 heavy (non-hydrogen) atoms. The van der Waals surface area contributed by atoms with Crippen molar-refractivity contribution in [3.8, 4) is 0 Å². The van der Waals surface area contributed by atoms with Gasteiger partial charge >= 0.3 is 0 Å². The number of hydrogen-bond acceptors (Lipinski definition) is 2. The zero-order valence-corrected chi connectivity index (χ0v) is 13.5. The quantitative estimate of drug-likeness (QED) is 0.561. The predicted molar refractivity (Wildman–Crippen MR) is 84.1 cm³/mol. The third-order valence-electron chi connectivity index (χ3n) is 2.17. The monoisotopic (exact) mass is 436 g/mol. The molecule has 1 aromatic heterocycles. The predicted octanol–water partition coefficient (Wildman–Crippen LogP) is 4.35. The summed E-state index contributed by atoms with van der Waals surface area (Å²) in [5, 5.41) is 3.10. The van der Waals surface area contributed by atoms with Crippen LogP contribution in [-0.4, -0.2) is 10.9 Å². The highest BCUT2D eigenvalue weighted by Gasteiger charge is 2.07. The van der Waals surface area contributed by atoms with Crippen molar-refractivity contribution >= 4 is 61.7 Å². The molecule has 0 aliphatic rings. The van der Waals surface area contributed by atoms with E-state index in [4.69, 9.17) is 11.6 Å². The molecule has 0 saturated heterocycles. The van der Waals surface area contributed by atoms with Crippen LogP contribution in [-0.2, 0) is 0 Å². The van der Waals surface area contributed by atoms with E-state index in [1.165, 1.54) is 12.3 Å². The van der Waals surface area contributed by atoms with Gasteiger partial charge in [0.1, 0.15) is 5.15 Å². The van der Waals surface area contributed by atoms with Crippen LogP contribution in [0, 0.1) is 3.57 Å². The molecule has 6 heteroatoms. The highest BCUT2D eigenvalue weighted by Crippen LogP contribution is 2.23. The molecule has 1 amide bonds. The normalized spacial score (nSPS) is 10.2. The second-order valence-corrected chi connectivity index (χ2v) is 5.85. The number of carbonyl (C=O) groups excluding carboxylic acids is 1. The van der Waals surface area contributed by atoms with Crippen molar-refractivity contribution in [3.63, 3.8) is 0 Å². The number of amides is 1. The van der Waals surface area contributed by atoms with Crippen molar-refractivity contribution < 1.29 is 4.79 Å². The minimum absolute atomic E-state index is 0.211. The van der Waals surface area contributed by atoms with Gasteiger partial charge in [0.15, 0.2) is 0 Å². The summed E-state index contributed by atoms with van der Waals surface area (Å²) >= 11 is 11.3. The van der Waals surface area contributed by atoms with Crippen molar-refractivity contribution in [3.05, 3.63) is 55.3 Å². The van der Waals surface area contributed by atoms with Crippen LogP contribution >= 0.6 is 50.1 Å². The Labute approximate surface area is 131 Å². The van der Waals surface area contributed by atoms with Crippen LogP contribution < -0.4 is 5.32 Å². The van der Waals surface area contributed by atoms with Crippen LogP contribution in [0.2, 0.25) is 5.15 Å². The molecule has 0 saturated carbocycles. The van der Waals surface area contributed by atoms with Crippen LogP contribution in [0.15, 0.2) is 41.0 Å². The number of benzene rings is 1. The molecule has 92 valence electrons. The molecule has 0 fully saturated rings. The average Bonchev–Trinajstić information content (AvgIpc) is 2.34. The molecule has 0 aliphatic carbocycles. The third kappa shape index (κ3) is 3.43. The Kier molecular flexibility index (Phi) is 4.58. The van der Waals surface area contributed by atoms with Crippen LogP contribution in [0.25, 0.3) is 0 Å². The first kappa shape index (κ1) is 13.8. The van der Waals surface area contributed by atoms with Gasteiger partial charge in [-0.25, -0.2) is 4.98 Å². The number of nitrogens with zero attached hydrogens (tertiary/aromatic N) is 1. The van der Waals surface area contributed by atoms with Gasteiger partial charge in [-0.1, -0.05) is 11.6 Å². The minimum atomic E-state index is -0.211. The fourth-order valence-corrected chi connectivity index (χ4v) is 2.26. The summed E-state index contributed by atoms with van der Waals surface area (Å²) in [6.07, 6.45) is 1.50. The van der Waals surface area contributed by atoms with Crippen LogP contribution in [0.1, 0.15) is 10.4 Å². The largest absolute Gasteiger partial charge is 0.322 e. The maximum atomic E-state index is 12.0. The standard InChI is InChI=1S/C12H7BrClIN2O/c13-9-2-1-8(6-10(9)15)17-12(18)7-3-4-16-11(14)5-7/h1-6H,(H,17,18). The number of rotatable bonds is 2. The highest BCUT2D eigenvalue weighted by atomic mass is 127. The number of carbonyl (C=O) groups is 1. The molecular formula is C12H7BrClIN2O. The summed E-state index contributed by atoms with van der Waals surface area (Å²) in [5.41, 5.74) is 1.22. The van der Waals surface area contributed by atoms with E-state index in [9.17, 15) is 4.79 Å². The molecule has 0 unspecified atom stereocenters. The number of aromatic nitrogens is 1. The van der Waals surface area contributed by atoms with E-state index in [0.717, 1.165) is 13.7 Å². The molecule has 0 aliphatic heterocycles. The third-order valence-corrected chi connectivity index (χ3v) is 4.70. The number of pyridine rings is 1. The van der Waals surface area contributed by atoms with E-state index in [1.54, 1.807) is 6.07 Å². The molecule has 0 bridgehead atoms. The lowest BCUT2D eigenvalue weighted by Gasteiger charge is -2.06. The number of nitrogens with one attached hydrogen (secondary N) is 1. The molecular weight excluding hydrogens is 430 g/mol. The van der Waals surface area contributed by atoms with Gasteiger partial charge in [-0.2, -0.15) is 0 Å². The average molecular weight is 437 g/mol. The molecule has 2 rings (SSSR count). The first-order valence-electron chi connectivity index (χ1n) is 4.94. The smallest absolute Gasteiger partial charge is 0.255 e. The minimum Gasteiger partial charge on any atom is -0.322 e. The molecule has 1 N–H and O–H groups in total. The topological polar surface area (TPSA) is 42.0 Å². The number of anilines is 1. The Hall–Kier alpha value is -0.660. The molecule has 1 aromatic carbocycles. The summed E-state index contributed by atoms with van der Waals surface area (Å²) in [4.78, 5) is 15.8. The zero-order chi connectivity index (χ0) is 13.1. The van der Waals surface area contributed by atoms with Gasteiger partial charge in [0.05, 0.1) is 0 Å². The number of hydrogen-bond donors (Lipinski definition) is 1. The maximum Gasteiger partial charge on any atom is 0.255 e. The second-order valence-electron chi connectivity index (χ2n) is 3.45. The lowest BCUT2D eigenvalue weighted by atomic mass is 10.2. The Morgan fingerprint density at radius 3 is 2.78 bits per heavy atom. The Bertz CT molecular complexity index is 606. The Balaban J connectivity index is 2.18. The Morgan fingerprint density at radius 1 is 1.33 bits per heavy atom. The van der Waals surface area contributed by atoms with E-state index >= 15 is 0 Å². The van der Waals surface area contributed by atoms with E-state index in [-0.39, 0.29) is 5.91 Å². The van der Waals surface area contributed by atoms with Crippen LogP contribution in [0.5, 0.6) is 0 Å². The van der Waals surface area contributed by atoms with Gasteiger partial charge in [-0.15, -0.1) is 0 Å². The van der Waals surface area contributed by atoms with Gasteiger partial charge in [-0.3, -0.25) is 4.79 Å². The summed E-state index contributed by atoms with van der Waals surface area (Å²) in [7, 11) is 0. The Morgan fingerprint density at radius 2 is 2.11 bits per heavy atom. The highest BCUT2D eigenvalue weighted by molar-refractivity contribution is 14.1. The fourth-order valence-electron chi connectivity index (χ4n) is 1.32. The van der Waals surface area contributed by atoms with Gasteiger partial charge in [0.2, 0.25) is 0 Å².